The average molecular weight is 402 g/mol. The smallest absolute Gasteiger partial charge is 0.410 e. The van der Waals surface area contributed by atoms with Gasteiger partial charge < -0.3 is 19.4 Å². The minimum Gasteiger partial charge on any atom is -0.444 e. The summed E-state index contributed by atoms with van der Waals surface area (Å²) in [4.78, 5) is 31.5. The standard InChI is InChI=1S/C23H35N3O3/c1-17-8-6-10-20(18(17)2)24-12-14-25(15-13-24)21(27)19-9-7-11-26(16-19)22(28)29-23(3,4)5/h6,8,10,19H,7,9,11-16H2,1-5H3. The molecule has 2 aliphatic heterocycles. The lowest BCUT2D eigenvalue weighted by Crippen LogP contribution is -2.53. The molecule has 3 rings (SSSR count). The molecule has 2 fully saturated rings. The monoisotopic (exact) mass is 401 g/mol. The van der Waals surface area contributed by atoms with E-state index in [-0.39, 0.29) is 17.9 Å². The molecule has 1 atom stereocenters. The summed E-state index contributed by atoms with van der Waals surface area (Å²) in [5.41, 5.74) is 3.36. The third-order valence-corrected chi connectivity index (χ3v) is 5.93. The maximum Gasteiger partial charge on any atom is 0.410 e. The number of aryl methyl sites for hydroxylation is 1. The summed E-state index contributed by atoms with van der Waals surface area (Å²) in [6.45, 7) is 14.2. The number of rotatable bonds is 2. The highest BCUT2D eigenvalue weighted by Gasteiger charge is 2.34. The molecular formula is C23H35N3O3. The van der Waals surface area contributed by atoms with E-state index in [0.29, 0.717) is 13.1 Å². The lowest BCUT2D eigenvalue weighted by molar-refractivity contribution is -0.137. The number of amides is 2. The molecule has 2 aliphatic rings. The van der Waals surface area contributed by atoms with Crippen LogP contribution in [0.4, 0.5) is 10.5 Å². The van der Waals surface area contributed by atoms with E-state index >= 15 is 0 Å². The van der Waals surface area contributed by atoms with Crippen molar-refractivity contribution >= 4 is 17.7 Å². The first kappa shape index (κ1) is 21.5. The fraction of sp³-hybridized carbons (Fsp3) is 0.652. The first-order valence-corrected chi connectivity index (χ1v) is 10.7. The summed E-state index contributed by atoms with van der Waals surface area (Å²) >= 11 is 0. The van der Waals surface area contributed by atoms with Crippen LogP contribution >= 0.6 is 0 Å². The van der Waals surface area contributed by atoms with Crippen molar-refractivity contribution in [3.05, 3.63) is 29.3 Å². The minimum atomic E-state index is -0.516. The summed E-state index contributed by atoms with van der Waals surface area (Å²) in [6.07, 6.45) is 1.38. The van der Waals surface area contributed by atoms with Crippen LogP contribution in [0.2, 0.25) is 0 Å². The molecule has 29 heavy (non-hydrogen) atoms. The molecule has 160 valence electrons. The molecule has 0 spiro atoms. The van der Waals surface area contributed by atoms with Gasteiger partial charge in [0.1, 0.15) is 5.60 Å². The van der Waals surface area contributed by atoms with Crippen molar-refractivity contribution in [3.63, 3.8) is 0 Å². The second-order valence-corrected chi connectivity index (χ2v) is 9.30. The summed E-state index contributed by atoms with van der Waals surface area (Å²) in [5.74, 6) is 0.0578. The van der Waals surface area contributed by atoms with Crippen LogP contribution in [0, 0.1) is 19.8 Å². The van der Waals surface area contributed by atoms with Gasteiger partial charge in [-0.3, -0.25) is 4.79 Å². The molecule has 6 heteroatoms. The van der Waals surface area contributed by atoms with Crippen molar-refractivity contribution in [2.24, 2.45) is 5.92 Å². The van der Waals surface area contributed by atoms with Gasteiger partial charge >= 0.3 is 6.09 Å². The molecule has 0 radical (unpaired) electrons. The Morgan fingerprint density at radius 2 is 1.69 bits per heavy atom. The van der Waals surface area contributed by atoms with Gasteiger partial charge in [0.05, 0.1) is 5.92 Å². The molecule has 1 aromatic rings. The van der Waals surface area contributed by atoms with Gasteiger partial charge in [-0.1, -0.05) is 12.1 Å². The van der Waals surface area contributed by atoms with Gasteiger partial charge in [-0.2, -0.15) is 0 Å². The fourth-order valence-corrected chi connectivity index (χ4v) is 4.18. The van der Waals surface area contributed by atoms with Crippen molar-refractivity contribution in [3.8, 4) is 0 Å². The molecule has 0 aliphatic carbocycles. The summed E-state index contributed by atoms with van der Waals surface area (Å²) in [6, 6.07) is 6.40. The SMILES string of the molecule is Cc1cccc(N2CCN(C(=O)C3CCCN(C(=O)OC(C)(C)C)C3)CC2)c1C. The molecule has 1 aromatic carbocycles. The van der Waals surface area contributed by atoms with E-state index in [0.717, 1.165) is 39.0 Å². The third-order valence-electron chi connectivity index (χ3n) is 5.93. The number of hydrogen-bond acceptors (Lipinski definition) is 4. The minimum absolute atomic E-state index is 0.122. The fourth-order valence-electron chi connectivity index (χ4n) is 4.18. The zero-order chi connectivity index (χ0) is 21.2. The maximum absolute atomic E-state index is 13.1. The van der Waals surface area contributed by atoms with Crippen LogP contribution in [-0.4, -0.2) is 66.7 Å². The normalized spacial score (nSPS) is 20.6. The van der Waals surface area contributed by atoms with Crippen LogP contribution in [0.1, 0.15) is 44.7 Å². The van der Waals surface area contributed by atoms with Crippen LogP contribution in [0.3, 0.4) is 0 Å². The van der Waals surface area contributed by atoms with Crippen LogP contribution in [0.5, 0.6) is 0 Å². The topological polar surface area (TPSA) is 53.1 Å². The van der Waals surface area contributed by atoms with E-state index in [1.807, 2.05) is 25.7 Å². The van der Waals surface area contributed by atoms with E-state index in [1.165, 1.54) is 16.8 Å². The van der Waals surface area contributed by atoms with Crippen LogP contribution in [0.15, 0.2) is 18.2 Å². The number of piperazine rings is 1. The third kappa shape index (κ3) is 5.22. The average Bonchev–Trinajstić information content (AvgIpc) is 2.68. The largest absolute Gasteiger partial charge is 0.444 e. The number of nitrogens with zero attached hydrogens (tertiary/aromatic N) is 3. The number of carbonyl (C=O) groups is 2. The Kier molecular flexibility index (Phi) is 6.39. The lowest BCUT2D eigenvalue weighted by Gasteiger charge is -2.40. The summed E-state index contributed by atoms with van der Waals surface area (Å²) < 4.78 is 5.49. The van der Waals surface area contributed by atoms with E-state index in [4.69, 9.17) is 4.74 Å². The zero-order valence-electron chi connectivity index (χ0n) is 18.5. The number of likely N-dealkylation sites (tertiary alicyclic amines) is 1. The van der Waals surface area contributed by atoms with Gasteiger partial charge in [0.25, 0.3) is 0 Å². The van der Waals surface area contributed by atoms with Crippen molar-refractivity contribution in [2.45, 2.75) is 53.1 Å². The van der Waals surface area contributed by atoms with E-state index in [9.17, 15) is 9.59 Å². The van der Waals surface area contributed by atoms with Crippen molar-refractivity contribution < 1.29 is 14.3 Å². The molecule has 0 aromatic heterocycles. The molecule has 0 N–H and O–H groups in total. The number of anilines is 1. The van der Waals surface area contributed by atoms with E-state index < -0.39 is 5.60 Å². The Labute approximate surface area is 174 Å². The second-order valence-electron chi connectivity index (χ2n) is 9.30. The summed E-state index contributed by atoms with van der Waals surface area (Å²) in [7, 11) is 0. The molecule has 0 saturated carbocycles. The molecular weight excluding hydrogens is 366 g/mol. The summed E-state index contributed by atoms with van der Waals surface area (Å²) in [5, 5.41) is 0. The number of carbonyl (C=O) groups excluding carboxylic acids is 2. The predicted octanol–water partition coefficient (Wildman–Crippen LogP) is 3.60. The quantitative estimate of drug-likeness (QED) is 0.760. The van der Waals surface area contributed by atoms with Crippen LogP contribution in [0.25, 0.3) is 0 Å². The van der Waals surface area contributed by atoms with Crippen LogP contribution in [-0.2, 0) is 9.53 Å². The van der Waals surface area contributed by atoms with Crippen molar-refractivity contribution in [2.75, 3.05) is 44.2 Å². The van der Waals surface area contributed by atoms with Gasteiger partial charge in [0.2, 0.25) is 5.91 Å². The molecule has 2 amide bonds. The highest BCUT2D eigenvalue weighted by molar-refractivity contribution is 5.80. The Balaban J connectivity index is 1.56. The van der Waals surface area contributed by atoms with Gasteiger partial charge in [0, 0.05) is 45.0 Å². The number of ether oxygens (including phenoxy) is 1. The predicted molar refractivity (Wildman–Crippen MR) is 115 cm³/mol. The maximum atomic E-state index is 13.1. The second kappa shape index (κ2) is 8.64. The van der Waals surface area contributed by atoms with E-state index in [2.05, 4.69) is 36.9 Å². The molecule has 2 heterocycles. The Morgan fingerprint density at radius 1 is 1.00 bits per heavy atom. The Hall–Kier alpha value is -2.24. The number of piperidine rings is 1. The molecule has 0 bridgehead atoms. The van der Waals surface area contributed by atoms with Gasteiger partial charge in [-0.15, -0.1) is 0 Å². The lowest BCUT2D eigenvalue weighted by atomic mass is 9.96. The van der Waals surface area contributed by atoms with Gasteiger partial charge in [-0.25, -0.2) is 4.79 Å². The van der Waals surface area contributed by atoms with Gasteiger partial charge in [-0.05, 0) is 64.7 Å². The molecule has 1 unspecified atom stereocenters. The van der Waals surface area contributed by atoms with Gasteiger partial charge in [0.15, 0.2) is 0 Å². The molecule has 6 nitrogen and oxygen atoms in total. The van der Waals surface area contributed by atoms with Crippen LogP contribution < -0.4 is 4.90 Å². The molecule has 2 saturated heterocycles. The zero-order valence-corrected chi connectivity index (χ0v) is 18.5. The van der Waals surface area contributed by atoms with E-state index in [1.54, 1.807) is 4.90 Å². The Morgan fingerprint density at radius 3 is 2.34 bits per heavy atom. The Bertz CT molecular complexity index is 748. The number of benzene rings is 1. The van der Waals surface area contributed by atoms with Crippen molar-refractivity contribution in [1.29, 1.82) is 0 Å². The first-order valence-electron chi connectivity index (χ1n) is 10.7. The number of hydrogen-bond donors (Lipinski definition) is 0. The first-order chi connectivity index (χ1) is 13.7. The highest BCUT2D eigenvalue weighted by Crippen LogP contribution is 2.26. The van der Waals surface area contributed by atoms with Crippen molar-refractivity contribution in [1.82, 2.24) is 9.80 Å². The highest BCUT2D eigenvalue weighted by atomic mass is 16.6.